The molecule has 0 radical (unpaired) electrons. The van der Waals surface area contributed by atoms with E-state index in [1.807, 2.05) is 13.8 Å². The molecule has 0 fully saturated rings. The van der Waals surface area contributed by atoms with Crippen LogP contribution in [0, 0.1) is 11.3 Å². The molecule has 0 N–H and O–H groups in total. The Morgan fingerprint density at radius 1 is 1.50 bits per heavy atom. The minimum absolute atomic E-state index is 0.0854. The standard InChI is InChI=1S/C11H17FO2/c1-8(2)11(4,5)6-7-14-10(13)9(3)12/h6-8H,3H2,1-2,4-5H3. The predicted octanol–water partition coefficient (Wildman–Crippen LogP) is 3.21. The molecule has 14 heavy (non-hydrogen) atoms. The predicted molar refractivity (Wildman–Crippen MR) is 54.1 cm³/mol. The zero-order valence-electron chi connectivity index (χ0n) is 9.13. The van der Waals surface area contributed by atoms with Gasteiger partial charge in [0.2, 0.25) is 5.83 Å². The number of hydrogen-bond acceptors (Lipinski definition) is 2. The van der Waals surface area contributed by atoms with Crippen molar-refractivity contribution in [2.75, 3.05) is 0 Å². The summed E-state index contributed by atoms with van der Waals surface area (Å²) in [5.74, 6) is -1.72. The lowest BCUT2D eigenvalue weighted by atomic mass is 9.81. The summed E-state index contributed by atoms with van der Waals surface area (Å²) >= 11 is 0. The number of carbonyl (C=O) groups is 1. The fourth-order valence-corrected chi connectivity index (χ4v) is 0.528. The Hall–Kier alpha value is -1.12. The van der Waals surface area contributed by atoms with Crippen LogP contribution in [0.3, 0.4) is 0 Å². The first-order chi connectivity index (χ1) is 6.27. The molecule has 80 valence electrons. The first-order valence-electron chi connectivity index (χ1n) is 4.50. The molecule has 0 spiro atoms. The summed E-state index contributed by atoms with van der Waals surface area (Å²) in [6, 6.07) is 0. The van der Waals surface area contributed by atoms with Crippen LogP contribution in [0.5, 0.6) is 0 Å². The molecule has 0 saturated heterocycles. The summed E-state index contributed by atoms with van der Waals surface area (Å²) < 4.78 is 16.7. The summed E-state index contributed by atoms with van der Waals surface area (Å²) in [6.45, 7) is 11.0. The van der Waals surface area contributed by atoms with Crippen molar-refractivity contribution in [3.8, 4) is 0 Å². The molecule has 0 aromatic carbocycles. The molecule has 0 heterocycles. The molecule has 2 nitrogen and oxygen atoms in total. The van der Waals surface area contributed by atoms with Crippen LogP contribution in [-0.2, 0) is 9.53 Å². The highest BCUT2D eigenvalue weighted by molar-refractivity contribution is 5.85. The van der Waals surface area contributed by atoms with Crippen LogP contribution in [-0.4, -0.2) is 5.97 Å². The Morgan fingerprint density at radius 2 is 2.00 bits per heavy atom. The lowest BCUT2D eigenvalue weighted by Gasteiger charge is -2.24. The van der Waals surface area contributed by atoms with Crippen LogP contribution < -0.4 is 0 Å². The molecule has 0 bridgehead atoms. The van der Waals surface area contributed by atoms with Crippen molar-refractivity contribution in [3.05, 3.63) is 24.7 Å². The van der Waals surface area contributed by atoms with Crippen molar-refractivity contribution < 1.29 is 13.9 Å². The highest BCUT2D eigenvalue weighted by Gasteiger charge is 2.18. The summed E-state index contributed by atoms with van der Waals surface area (Å²) in [4.78, 5) is 10.7. The molecule has 0 aromatic heterocycles. The van der Waals surface area contributed by atoms with E-state index in [1.165, 1.54) is 6.26 Å². The summed E-state index contributed by atoms with van der Waals surface area (Å²) in [6.07, 6.45) is 2.95. The van der Waals surface area contributed by atoms with Crippen LogP contribution in [0.15, 0.2) is 24.7 Å². The molecule has 0 rings (SSSR count). The molecule has 0 aliphatic heterocycles. The van der Waals surface area contributed by atoms with Gasteiger partial charge >= 0.3 is 5.97 Å². The van der Waals surface area contributed by atoms with Crippen molar-refractivity contribution in [1.82, 2.24) is 0 Å². The van der Waals surface area contributed by atoms with E-state index in [0.717, 1.165) is 0 Å². The highest BCUT2D eigenvalue weighted by atomic mass is 19.1. The van der Waals surface area contributed by atoms with Crippen LogP contribution in [0.25, 0.3) is 0 Å². The van der Waals surface area contributed by atoms with Crippen LogP contribution in [0.4, 0.5) is 4.39 Å². The molecular formula is C11H17FO2. The number of halogens is 1. The number of rotatable bonds is 4. The molecule has 0 atom stereocenters. The average molecular weight is 200 g/mol. The van der Waals surface area contributed by atoms with Gasteiger partial charge in [-0.15, -0.1) is 0 Å². The van der Waals surface area contributed by atoms with Crippen molar-refractivity contribution in [3.63, 3.8) is 0 Å². The Kier molecular flexibility index (Phi) is 4.54. The van der Waals surface area contributed by atoms with Gasteiger partial charge in [0.25, 0.3) is 0 Å². The molecule has 0 unspecified atom stereocenters. The topological polar surface area (TPSA) is 26.3 Å². The van der Waals surface area contributed by atoms with E-state index in [4.69, 9.17) is 0 Å². The minimum Gasteiger partial charge on any atom is -0.430 e. The van der Waals surface area contributed by atoms with Crippen molar-refractivity contribution in [1.29, 1.82) is 0 Å². The molecule has 0 amide bonds. The monoisotopic (exact) mass is 200 g/mol. The van der Waals surface area contributed by atoms with Gasteiger partial charge in [-0.05, 0) is 17.4 Å². The van der Waals surface area contributed by atoms with Gasteiger partial charge in [-0.25, -0.2) is 4.79 Å². The van der Waals surface area contributed by atoms with Crippen molar-refractivity contribution in [2.24, 2.45) is 11.3 Å². The molecule has 0 aliphatic carbocycles. The van der Waals surface area contributed by atoms with E-state index in [-0.39, 0.29) is 5.41 Å². The van der Waals surface area contributed by atoms with Gasteiger partial charge in [0.15, 0.2) is 0 Å². The lowest BCUT2D eigenvalue weighted by Crippen LogP contribution is -2.16. The Morgan fingerprint density at radius 3 is 2.36 bits per heavy atom. The van der Waals surface area contributed by atoms with Gasteiger partial charge in [0.1, 0.15) is 0 Å². The van der Waals surface area contributed by atoms with Crippen LogP contribution in [0.2, 0.25) is 0 Å². The summed E-state index contributed by atoms with van der Waals surface area (Å²) in [5, 5.41) is 0. The van der Waals surface area contributed by atoms with Gasteiger partial charge in [-0.2, -0.15) is 4.39 Å². The van der Waals surface area contributed by atoms with Gasteiger partial charge in [-0.1, -0.05) is 34.3 Å². The molecular weight excluding hydrogens is 183 g/mol. The maximum absolute atomic E-state index is 12.2. The molecule has 0 aromatic rings. The second-order valence-corrected chi connectivity index (χ2v) is 4.09. The average Bonchev–Trinajstić information content (AvgIpc) is 2.03. The van der Waals surface area contributed by atoms with Crippen LogP contribution in [0.1, 0.15) is 27.7 Å². The largest absolute Gasteiger partial charge is 0.430 e. The Labute approximate surface area is 84.5 Å². The van der Waals surface area contributed by atoms with Crippen molar-refractivity contribution in [2.45, 2.75) is 27.7 Å². The second-order valence-electron chi connectivity index (χ2n) is 4.09. The second kappa shape index (κ2) is 4.94. The van der Waals surface area contributed by atoms with Gasteiger partial charge < -0.3 is 4.74 Å². The summed E-state index contributed by atoms with van der Waals surface area (Å²) in [5.41, 5.74) is -0.0854. The summed E-state index contributed by atoms with van der Waals surface area (Å²) in [7, 11) is 0. The number of ether oxygens (including phenoxy) is 1. The normalized spacial score (nSPS) is 12.1. The maximum Gasteiger partial charge on any atom is 0.371 e. The number of esters is 1. The van der Waals surface area contributed by atoms with E-state index in [1.54, 1.807) is 6.08 Å². The van der Waals surface area contributed by atoms with Crippen molar-refractivity contribution >= 4 is 5.97 Å². The van der Waals surface area contributed by atoms with Gasteiger partial charge in [0, 0.05) is 0 Å². The van der Waals surface area contributed by atoms with E-state index < -0.39 is 11.8 Å². The highest BCUT2D eigenvalue weighted by Crippen LogP contribution is 2.27. The van der Waals surface area contributed by atoms with E-state index >= 15 is 0 Å². The third-order valence-electron chi connectivity index (χ3n) is 2.38. The van der Waals surface area contributed by atoms with E-state index in [2.05, 4.69) is 25.2 Å². The smallest absolute Gasteiger partial charge is 0.371 e. The number of carbonyl (C=O) groups excluding carboxylic acids is 1. The minimum atomic E-state index is -1.09. The van der Waals surface area contributed by atoms with Gasteiger partial charge in [0.05, 0.1) is 6.26 Å². The SMILES string of the molecule is C=C(F)C(=O)OC=CC(C)(C)C(C)C. The fraction of sp³-hybridized carbons (Fsp3) is 0.545. The first-order valence-corrected chi connectivity index (χ1v) is 4.50. The Balaban J connectivity index is 4.20. The third-order valence-corrected chi connectivity index (χ3v) is 2.38. The third kappa shape index (κ3) is 4.21. The molecule has 3 heteroatoms. The number of hydrogen-bond donors (Lipinski definition) is 0. The zero-order valence-corrected chi connectivity index (χ0v) is 9.13. The van der Waals surface area contributed by atoms with Gasteiger partial charge in [-0.3, -0.25) is 0 Å². The van der Waals surface area contributed by atoms with Crippen LogP contribution >= 0.6 is 0 Å². The number of allylic oxidation sites excluding steroid dienone is 1. The van der Waals surface area contributed by atoms with E-state index in [0.29, 0.717) is 5.92 Å². The lowest BCUT2D eigenvalue weighted by molar-refractivity contribution is -0.135. The molecule has 0 aliphatic rings. The molecule has 0 saturated carbocycles. The zero-order chi connectivity index (χ0) is 11.4. The maximum atomic E-state index is 12.2. The quantitative estimate of drug-likeness (QED) is 0.395. The first kappa shape index (κ1) is 12.9. The fourth-order valence-electron chi connectivity index (χ4n) is 0.528. The Bertz CT molecular complexity index is 252. The van der Waals surface area contributed by atoms with E-state index in [9.17, 15) is 9.18 Å².